The van der Waals surface area contributed by atoms with Crippen LogP contribution in [0.2, 0.25) is 0 Å². The van der Waals surface area contributed by atoms with Crippen molar-refractivity contribution in [2.45, 2.75) is 11.9 Å². The lowest BCUT2D eigenvalue weighted by Gasteiger charge is -2.25. The van der Waals surface area contributed by atoms with Crippen molar-refractivity contribution in [1.82, 2.24) is 9.88 Å². The highest BCUT2D eigenvalue weighted by Crippen LogP contribution is 2.42. The maximum atomic E-state index is 12.2. The standard InChI is InChI=1S/C16H16N2O2S/c1-20-14-7-3-2-6-13(14)16-18(15(19)11-21-16)10-12-5-4-8-17-9-12/h2-9,16H,10-11H2,1H3. The van der Waals surface area contributed by atoms with Gasteiger partial charge in [0.1, 0.15) is 11.1 Å². The zero-order valence-corrected chi connectivity index (χ0v) is 12.5. The van der Waals surface area contributed by atoms with E-state index in [-0.39, 0.29) is 11.3 Å². The summed E-state index contributed by atoms with van der Waals surface area (Å²) in [4.78, 5) is 18.2. The molecule has 2 aromatic rings. The minimum atomic E-state index is -0.00569. The fraction of sp³-hybridized carbons (Fsp3) is 0.250. The fourth-order valence-electron chi connectivity index (χ4n) is 2.44. The Morgan fingerprint density at radius 3 is 2.95 bits per heavy atom. The number of methoxy groups -OCH3 is 1. The van der Waals surface area contributed by atoms with Crippen LogP contribution in [0.3, 0.4) is 0 Å². The summed E-state index contributed by atoms with van der Waals surface area (Å²) in [5.41, 5.74) is 2.08. The SMILES string of the molecule is COc1ccccc1C1SCC(=O)N1Cc1cccnc1. The number of hydrogen-bond donors (Lipinski definition) is 0. The van der Waals surface area contributed by atoms with Crippen LogP contribution in [-0.4, -0.2) is 28.7 Å². The predicted octanol–water partition coefficient (Wildman–Crippen LogP) is 2.86. The molecule has 4 nitrogen and oxygen atoms in total. The van der Waals surface area contributed by atoms with E-state index in [0.29, 0.717) is 12.3 Å². The summed E-state index contributed by atoms with van der Waals surface area (Å²) < 4.78 is 5.43. The molecular formula is C16H16N2O2S. The average Bonchev–Trinajstić information content (AvgIpc) is 2.89. The molecule has 0 spiro atoms. The molecule has 1 aliphatic rings. The maximum Gasteiger partial charge on any atom is 0.234 e. The minimum absolute atomic E-state index is 0.00569. The number of hydrogen-bond acceptors (Lipinski definition) is 4. The molecule has 0 N–H and O–H groups in total. The van der Waals surface area contributed by atoms with Gasteiger partial charge < -0.3 is 9.64 Å². The fourth-order valence-corrected chi connectivity index (χ4v) is 3.65. The summed E-state index contributed by atoms with van der Waals surface area (Å²) in [5, 5.41) is -0.00569. The van der Waals surface area contributed by atoms with Crippen LogP contribution < -0.4 is 4.74 Å². The normalized spacial score (nSPS) is 18.0. The first kappa shape index (κ1) is 13.9. The molecule has 1 amide bonds. The summed E-state index contributed by atoms with van der Waals surface area (Å²) in [5.74, 6) is 1.48. The highest BCUT2D eigenvalue weighted by Gasteiger charge is 2.34. The van der Waals surface area contributed by atoms with Gasteiger partial charge in [-0.15, -0.1) is 11.8 Å². The molecule has 1 aromatic carbocycles. The Balaban J connectivity index is 1.89. The smallest absolute Gasteiger partial charge is 0.234 e. The van der Waals surface area contributed by atoms with Crippen LogP contribution in [0.4, 0.5) is 0 Å². The number of nitrogens with zero attached hydrogens (tertiary/aromatic N) is 2. The largest absolute Gasteiger partial charge is 0.496 e. The van der Waals surface area contributed by atoms with Crippen LogP contribution in [0.1, 0.15) is 16.5 Å². The lowest BCUT2D eigenvalue weighted by molar-refractivity contribution is -0.128. The third kappa shape index (κ3) is 2.88. The second-order valence-corrected chi connectivity index (χ2v) is 5.86. The van der Waals surface area contributed by atoms with Crippen molar-refractivity contribution in [2.75, 3.05) is 12.9 Å². The molecule has 21 heavy (non-hydrogen) atoms. The summed E-state index contributed by atoms with van der Waals surface area (Å²) >= 11 is 1.64. The van der Waals surface area contributed by atoms with E-state index < -0.39 is 0 Å². The van der Waals surface area contributed by atoms with Gasteiger partial charge in [-0.1, -0.05) is 24.3 Å². The highest BCUT2D eigenvalue weighted by molar-refractivity contribution is 8.00. The van der Waals surface area contributed by atoms with Crippen LogP contribution in [0, 0.1) is 0 Å². The van der Waals surface area contributed by atoms with E-state index in [1.165, 1.54) is 0 Å². The molecule has 108 valence electrons. The van der Waals surface area contributed by atoms with E-state index in [1.54, 1.807) is 31.3 Å². The summed E-state index contributed by atoms with van der Waals surface area (Å²) in [6, 6.07) is 11.7. The van der Waals surface area contributed by atoms with Gasteiger partial charge in [0.25, 0.3) is 0 Å². The maximum absolute atomic E-state index is 12.2. The number of rotatable bonds is 4. The zero-order valence-electron chi connectivity index (χ0n) is 11.7. The molecule has 1 unspecified atom stereocenters. The second kappa shape index (κ2) is 6.18. The number of carbonyl (C=O) groups is 1. The highest BCUT2D eigenvalue weighted by atomic mass is 32.2. The first-order valence-corrected chi connectivity index (χ1v) is 7.77. The monoisotopic (exact) mass is 300 g/mol. The molecular weight excluding hydrogens is 284 g/mol. The molecule has 1 aromatic heterocycles. The molecule has 1 fully saturated rings. The van der Waals surface area contributed by atoms with Gasteiger partial charge in [0, 0.05) is 24.5 Å². The second-order valence-electron chi connectivity index (χ2n) is 4.79. The third-order valence-electron chi connectivity index (χ3n) is 3.45. The Kier molecular flexibility index (Phi) is 4.10. The molecule has 0 saturated carbocycles. The van der Waals surface area contributed by atoms with Gasteiger partial charge in [-0.2, -0.15) is 0 Å². The molecule has 1 atom stereocenters. The van der Waals surface area contributed by atoms with Crippen LogP contribution in [0.25, 0.3) is 0 Å². The Morgan fingerprint density at radius 1 is 1.33 bits per heavy atom. The Hall–Kier alpha value is -2.01. The van der Waals surface area contributed by atoms with Crippen LogP contribution >= 0.6 is 11.8 Å². The van der Waals surface area contributed by atoms with Gasteiger partial charge in [-0.25, -0.2) is 0 Å². The van der Waals surface area contributed by atoms with Gasteiger partial charge in [-0.05, 0) is 17.7 Å². The zero-order chi connectivity index (χ0) is 14.7. The van der Waals surface area contributed by atoms with Gasteiger partial charge in [-0.3, -0.25) is 9.78 Å². The Labute approximate surface area is 128 Å². The van der Waals surface area contributed by atoms with Crippen molar-refractivity contribution in [1.29, 1.82) is 0 Å². The number of amides is 1. The van der Waals surface area contributed by atoms with E-state index in [2.05, 4.69) is 4.98 Å². The van der Waals surface area contributed by atoms with Crippen molar-refractivity contribution in [3.05, 3.63) is 59.9 Å². The molecule has 2 heterocycles. The van der Waals surface area contributed by atoms with Crippen LogP contribution in [0.15, 0.2) is 48.8 Å². The molecule has 5 heteroatoms. The topological polar surface area (TPSA) is 42.4 Å². The lowest BCUT2D eigenvalue weighted by Crippen LogP contribution is -2.27. The van der Waals surface area contributed by atoms with Crippen LogP contribution in [0.5, 0.6) is 5.75 Å². The first-order valence-electron chi connectivity index (χ1n) is 6.72. The van der Waals surface area contributed by atoms with Gasteiger partial charge >= 0.3 is 0 Å². The van der Waals surface area contributed by atoms with Crippen molar-refractivity contribution >= 4 is 17.7 Å². The number of pyridine rings is 1. The number of thioether (sulfide) groups is 1. The Bertz CT molecular complexity index is 633. The van der Waals surface area contributed by atoms with Crippen molar-refractivity contribution in [3.8, 4) is 5.75 Å². The number of benzene rings is 1. The summed E-state index contributed by atoms with van der Waals surface area (Å²) in [7, 11) is 1.66. The van der Waals surface area contributed by atoms with Gasteiger partial charge in [0.05, 0.1) is 12.9 Å². The average molecular weight is 300 g/mol. The number of para-hydroxylation sites is 1. The van der Waals surface area contributed by atoms with E-state index in [4.69, 9.17) is 4.74 Å². The first-order chi connectivity index (χ1) is 10.3. The molecule has 0 radical (unpaired) electrons. The van der Waals surface area contributed by atoms with E-state index >= 15 is 0 Å². The lowest BCUT2D eigenvalue weighted by atomic mass is 10.1. The molecule has 0 bridgehead atoms. The molecule has 3 rings (SSSR count). The van der Waals surface area contributed by atoms with Crippen LogP contribution in [-0.2, 0) is 11.3 Å². The van der Waals surface area contributed by atoms with Crippen molar-refractivity contribution in [3.63, 3.8) is 0 Å². The van der Waals surface area contributed by atoms with E-state index in [0.717, 1.165) is 16.9 Å². The van der Waals surface area contributed by atoms with Gasteiger partial charge in [0.2, 0.25) is 5.91 Å². The Morgan fingerprint density at radius 2 is 2.19 bits per heavy atom. The van der Waals surface area contributed by atoms with Gasteiger partial charge in [0.15, 0.2) is 0 Å². The number of ether oxygens (including phenoxy) is 1. The predicted molar refractivity (Wildman–Crippen MR) is 83.0 cm³/mol. The summed E-state index contributed by atoms with van der Waals surface area (Å²) in [6.45, 7) is 0.572. The number of carbonyl (C=O) groups excluding carboxylic acids is 1. The molecule has 0 aliphatic carbocycles. The van der Waals surface area contributed by atoms with E-state index in [1.807, 2.05) is 41.3 Å². The summed E-state index contributed by atoms with van der Waals surface area (Å²) in [6.07, 6.45) is 3.54. The van der Waals surface area contributed by atoms with E-state index in [9.17, 15) is 4.79 Å². The van der Waals surface area contributed by atoms with Crippen molar-refractivity contribution in [2.24, 2.45) is 0 Å². The minimum Gasteiger partial charge on any atom is -0.496 e. The van der Waals surface area contributed by atoms with Crippen molar-refractivity contribution < 1.29 is 9.53 Å². The number of aromatic nitrogens is 1. The molecule has 1 aliphatic heterocycles. The molecule has 1 saturated heterocycles. The quantitative estimate of drug-likeness (QED) is 0.871. The third-order valence-corrected chi connectivity index (χ3v) is 4.69.